The van der Waals surface area contributed by atoms with Crippen molar-refractivity contribution in [2.45, 2.75) is 32.2 Å². The second-order valence-corrected chi connectivity index (χ2v) is 6.19. The average Bonchev–Trinajstić information content (AvgIpc) is 3.27. The van der Waals surface area contributed by atoms with Crippen molar-refractivity contribution in [2.24, 2.45) is 0 Å². The van der Waals surface area contributed by atoms with E-state index in [1.165, 1.54) is 4.90 Å². The van der Waals surface area contributed by atoms with E-state index in [0.29, 0.717) is 0 Å². The molecule has 2 aliphatic heterocycles. The molecule has 1 N–H and O–H groups in total. The summed E-state index contributed by atoms with van der Waals surface area (Å²) in [6.07, 6.45) is 2.44. The fraction of sp³-hybridized carbons (Fsp3) is 0.412. The van der Waals surface area contributed by atoms with Gasteiger partial charge in [-0.3, -0.25) is 0 Å². The van der Waals surface area contributed by atoms with Crippen molar-refractivity contribution in [1.82, 2.24) is 19.8 Å². The average molecular weight is 364 g/mol. The number of nitrogens with zero attached hydrogens (tertiary/aromatic N) is 3. The Balaban J connectivity index is 1.41. The van der Waals surface area contributed by atoms with E-state index >= 15 is 0 Å². The number of urea groups is 1. The van der Waals surface area contributed by atoms with Gasteiger partial charge in [0.25, 0.3) is 0 Å². The zero-order chi connectivity index (χ0) is 18.3. The van der Waals surface area contributed by atoms with Crippen molar-refractivity contribution < 1.29 is 23.0 Å². The van der Waals surface area contributed by atoms with Crippen molar-refractivity contribution in [3.8, 4) is 11.5 Å². The van der Waals surface area contributed by atoms with E-state index in [1.54, 1.807) is 6.20 Å². The Morgan fingerprint density at radius 3 is 2.42 bits per heavy atom. The van der Waals surface area contributed by atoms with Crippen LogP contribution in [-0.2, 0) is 13.1 Å². The molecule has 1 aromatic carbocycles. The molecule has 1 fully saturated rings. The van der Waals surface area contributed by atoms with Gasteiger partial charge in [-0.25, -0.2) is 18.6 Å². The van der Waals surface area contributed by atoms with E-state index in [0.717, 1.165) is 24.5 Å². The Labute approximate surface area is 148 Å². The normalized spacial score (nSPS) is 20.8. The first-order chi connectivity index (χ1) is 12.6. The Morgan fingerprint density at radius 2 is 1.85 bits per heavy atom. The van der Waals surface area contributed by atoms with Crippen molar-refractivity contribution in [3.05, 3.63) is 42.0 Å². The smallest absolute Gasteiger partial charge is 0.318 e. The van der Waals surface area contributed by atoms with E-state index in [1.807, 2.05) is 17.7 Å². The lowest BCUT2D eigenvalue weighted by Gasteiger charge is -2.28. The van der Waals surface area contributed by atoms with Crippen LogP contribution in [0.15, 0.2) is 24.5 Å². The zero-order valence-electron chi connectivity index (χ0n) is 14.1. The third kappa shape index (κ3) is 2.83. The standard InChI is InChI=1S/C17H18F2N4O3/c1-2-22-6-5-20-14(22)7-21-17(24)23-8-12-13(9-23)26-16-11(19)4-3-10(18)15(16)25-12/h3-6,12-13H,2,7-9H2,1H3,(H,21,24)/t12-,13+. The van der Waals surface area contributed by atoms with Gasteiger partial charge in [0.05, 0.1) is 19.6 Å². The van der Waals surface area contributed by atoms with E-state index in [4.69, 9.17) is 9.47 Å². The summed E-state index contributed by atoms with van der Waals surface area (Å²) in [5.41, 5.74) is 0. The summed E-state index contributed by atoms with van der Waals surface area (Å²) in [6.45, 7) is 3.50. The highest BCUT2D eigenvalue weighted by Crippen LogP contribution is 2.40. The number of ether oxygens (including phenoxy) is 2. The summed E-state index contributed by atoms with van der Waals surface area (Å²) in [7, 11) is 0. The fourth-order valence-electron chi connectivity index (χ4n) is 3.23. The van der Waals surface area contributed by atoms with Crippen molar-refractivity contribution in [1.29, 1.82) is 0 Å². The number of benzene rings is 1. The minimum absolute atomic E-state index is 0.230. The molecule has 2 aliphatic rings. The number of imidazole rings is 1. The molecule has 0 radical (unpaired) electrons. The quantitative estimate of drug-likeness (QED) is 0.904. The van der Waals surface area contributed by atoms with E-state index in [9.17, 15) is 13.6 Å². The van der Waals surface area contributed by atoms with Crippen molar-refractivity contribution in [3.63, 3.8) is 0 Å². The van der Waals surface area contributed by atoms with Crippen LogP contribution in [0.1, 0.15) is 12.7 Å². The van der Waals surface area contributed by atoms with Crippen molar-refractivity contribution in [2.75, 3.05) is 13.1 Å². The molecule has 26 heavy (non-hydrogen) atoms. The number of carbonyl (C=O) groups excluding carboxylic acids is 1. The van der Waals surface area contributed by atoms with Crippen LogP contribution in [0.25, 0.3) is 0 Å². The van der Waals surface area contributed by atoms with Crippen molar-refractivity contribution >= 4 is 6.03 Å². The number of amides is 2. The van der Waals surface area contributed by atoms with Crippen LogP contribution in [-0.4, -0.2) is 45.8 Å². The lowest BCUT2D eigenvalue weighted by atomic mass is 10.2. The molecular formula is C17H18F2N4O3. The first-order valence-corrected chi connectivity index (χ1v) is 8.41. The summed E-state index contributed by atoms with van der Waals surface area (Å²) in [6, 6.07) is 1.68. The zero-order valence-corrected chi connectivity index (χ0v) is 14.1. The first kappa shape index (κ1) is 16.6. The van der Waals surface area contributed by atoms with Gasteiger partial charge in [-0.05, 0) is 19.1 Å². The number of hydrogen-bond donors (Lipinski definition) is 1. The number of carbonyl (C=O) groups is 1. The van der Waals surface area contributed by atoms with Crippen LogP contribution in [0.4, 0.5) is 13.6 Å². The molecule has 1 aromatic heterocycles. The molecule has 0 spiro atoms. The SMILES string of the molecule is CCn1ccnc1CNC(=O)N1C[C@@H]2Oc3c(F)ccc(F)c3O[C@@H]2C1. The predicted molar refractivity (Wildman–Crippen MR) is 86.9 cm³/mol. The third-order valence-corrected chi connectivity index (χ3v) is 4.60. The maximum atomic E-state index is 13.8. The molecule has 9 heteroatoms. The molecule has 4 rings (SSSR count). The summed E-state index contributed by atoms with van der Waals surface area (Å²) < 4.78 is 40.7. The highest BCUT2D eigenvalue weighted by Gasteiger charge is 2.43. The molecule has 0 saturated carbocycles. The van der Waals surface area contributed by atoms with Crippen LogP contribution in [0.5, 0.6) is 11.5 Å². The van der Waals surface area contributed by atoms with E-state index < -0.39 is 23.8 Å². The Hall–Kier alpha value is -2.84. The van der Waals surface area contributed by atoms with Gasteiger partial charge in [0, 0.05) is 18.9 Å². The lowest BCUT2D eigenvalue weighted by molar-refractivity contribution is 0.0467. The summed E-state index contributed by atoms with van der Waals surface area (Å²) in [4.78, 5) is 18.1. The molecule has 0 bridgehead atoms. The molecule has 3 heterocycles. The number of aromatic nitrogens is 2. The summed E-state index contributed by atoms with van der Waals surface area (Å²) in [5, 5.41) is 2.80. The highest BCUT2D eigenvalue weighted by atomic mass is 19.1. The molecule has 2 aromatic rings. The van der Waals surface area contributed by atoms with Gasteiger partial charge in [0.1, 0.15) is 5.82 Å². The number of halogens is 2. The monoisotopic (exact) mass is 364 g/mol. The molecule has 0 aliphatic carbocycles. The topological polar surface area (TPSA) is 68.6 Å². The summed E-state index contributed by atoms with van der Waals surface area (Å²) in [5.74, 6) is -1.10. The van der Waals surface area contributed by atoms with Crippen LogP contribution in [0.3, 0.4) is 0 Å². The largest absolute Gasteiger partial charge is 0.478 e. The van der Waals surface area contributed by atoms with Gasteiger partial charge < -0.3 is 24.3 Å². The minimum atomic E-state index is -0.686. The third-order valence-electron chi connectivity index (χ3n) is 4.60. The lowest BCUT2D eigenvalue weighted by Crippen LogP contribution is -2.39. The molecule has 0 unspecified atom stereocenters. The Morgan fingerprint density at radius 1 is 1.23 bits per heavy atom. The first-order valence-electron chi connectivity index (χ1n) is 8.41. The van der Waals surface area contributed by atoms with E-state index in [-0.39, 0.29) is 37.2 Å². The Kier molecular flexibility index (Phi) is 4.14. The maximum absolute atomic E-state index is 13.8. The maximum Gasteiger partial charge on any atom is 0.318 e. The number of likely N-dealkylation sites (tertiary alicyclic amines) is 1. The molecular weight excluding hydrogens is 346 g/mol. The van der Waals surface area contributed by atoms with E-state index in [2.05, 4.69) is 10.3 Å². The number of aryl methyl sites for hydroxylation is 1. The minimum Gasteiger partial charge on any atom is -0.478 e. The number of rotatable bonds is 3. The Bertz CT molecular complexity index is 802. The van der Waals surface area contributed by atoms with Gasteiger partial charge in [-0.1, -0.05) is 0 Å². The number of hydrogen-bond acceptors (Lipinski definition) is 4. The van der Waals surface area contributed by atoms with Gasteiger partial charge in [-0.2, -0.15) is 0 Å². The predicted octanol–water partition coefficient (Wildman–Crippen LogP) is 1.92. The van der Waals surface area contributed by atoms with Crippen LogP contribution < -0.4 is 14.8 Å². The second kappa shape index (κ2) is 6.47. The van der Waals surface area contributed by atoms with Gasteiger partial charge in [0.2, 0.25) is 11.5 Å². The molecule has 138 valence electrons. The second-order valence-electron chi connectivity index (χ2n) is 6.19. The van der Waals surface area contributed by atoms with Crippen LogP contribution in [0, 0.1) is 11.6 Å². The number of fused-ring (bicyclic) bond motifs is 2. The van der Waals surface area contributed by atoms with Gasteiger partial charge in [0.15, 0.2) is 23.8 Å². The van der Waals surface area contributed by atoms with Gasteiger partial charge in [-0.15, -0.1) is 0 Å². The molecule has 1 saturated heterocycles. The summed E-state index contributed by atoms with van der Waals surface area (Å²) >= 11 is 0. The van der Waals surface area contributed by atoms with Gasteiger partial charge >= 0.3 is 6.03 Å². The number of nitrogens with one attached hydrogen (secondary N) is 1. The van der Waals surface area contributed by atoms with Crippen LogP contribution >= 0.6 is 0 Å². The fourth-order valence-corrected chi connectivity index (χ4v) is 3.23. The molecule has 2 atom stereocenters. The molecule has 7 nitrogen and oxygen atoms in total. The van der Waals surface area contributed by atoms with Crippen LogP contribution in [0.2, 0.25) is 0 Å². The highest BCUT2D eigenvalue weighted by molar-refractivity contribution is 5.74. The molecule has 2 amide bonds.